The fraction of sp³-hybridized carbons (Fsp3) is 0.400. The molecule has 0 saturated carbocycles. The van der Waals surface area contributed by atoms with Crippen molar-refractivity contribution in [2.45, 2.75) is 32.8 Å². The lowest BCUT2D eigenvalue weighted by Gasteiger charge is -2.23. The van der Waals surface area contributed by atoms with E-state index in [-0.39, 0.29) is 11.8 Å². The van der Waals surface area contributed by atoms with Crippen LogP contribution in [-0.2, 0) is 4.74 Å². The molecule has 0 radical (unpaired) electrons. The molecule has 33 heavy (non-hydrogen) atoms. The smallest absolute Gasteiger partial charge is 0.412 e. The van der Waals surface area contributed by atoms with Gasteiger partial charge in [0.15, 0.2) is 0 Å². The largest absolute Gasteiger partial charge is 0.496 e. The zero-order valence-corrected chi connectivity index (χ0v) is 19.6. The average molecular weight is 454 g/mol. The van der Waals surface area contributed by atoms with Crippen molar-refractivity contribution in [3.05, 3.63) is 59.7 Å². The highest BCUT2D eigenvalue weighted by Crippen LogP contribution is 2.21. The van der Waals surface area contributed by atoms with Crippen molar-refractivity contribution >= 4 is 23.6 Å². The molecule has 0 unspecified atom stereocenters. The summed E-state index contributed by atoms with van der Waals surface area (Å²) in [4.78, 5) is 41.7. The highest BCUT2D eigenvalue weighted by atomic mass is 16.6. The van der Waals surface area contributed by atoms with Gasteiger partial charge in [-0.25, -0.2) is 4.79 Å². The molecule has 1 N–H and O–H groups in total. The van der Waals surface area contributed by atoms with Gasteiger partial charge in [-0.15, -0.1) is 0 Å². The number of amides is 3. The number of nitrogens with one attached hydrogen (secondary N) is 1. The number of benzene rings is 2. The number of carbonyl (C=O) groups is 3. The Balaban J connectivity index is 1.65. The van der Waals surface area contributed by atoms with Gasteiger partial charge in [0.1, 0.15) is 11.4 Å². The molecule has 1 aliphatic rings. The third-order valence-corrected chi connectivity index (χ3v) is 5.16. The van der Waals surface area contributed by atoms with Crippen LogP contribution >= 0.6 is 0 Å². The van der Waals surface area contributed by atoms with Crippen LogP contribution in [0.2, 0.25) is 0 Å². The predicted octanol–water partition coefficient (Wildman–Crippen LogP) is 4.03. The van der Waals surface area contributed by atoms with Crippen molar-refractivity contribution in [2.24, 2.45) is 0 Å². The fourth-order valence-corrected chi connectivity index (χ4v) is 3.65. The second-order valence-corrected chi connectivity index (χ2v) is 8.85. The van der Waals surface area contributed by atoms with Crippen molar-refractivity contribution in [3.8, 4) is 5.75 Å². The van der Waals surface area contributed by atoms with Crippen molar-refractivity contribution < 1.29 is 23.9 Å². The first kappa shape index (κ1) is 24.1. The topological polar surface area (TPSA) is 88.2 Å². The van der Waals surface area contributed by atoms with Crippen LogP contribution in [0.5, 0.6) is 5.75 Å². The number of carbonyl (C=O) groups excluding carboxylic acids is 3. The maximum atomic E-state index is 13.1. The SMILES string of the molecule is COc1ccccc1C(=O)N1CCCN(C(=O)c2cccc(NC(=O)OC(C)(C)C)c2)CC1. The summed E-state index contributed by atoms with van der Waals surface area (Å²) in [7, 11) is 1.54. The van der Waals surface area contributed by atoms with Gasteiger partial charge in [0, 0.05) is 37.4 Å². The summed E-state index contributed by atoms with van der Waals surface area (Å²) in [6.07, 6.45) is 0.0926. The fourth-order valence-electron chi connectivity index (χ4n) is 3.65. The molecule has 1 heterocycles. The summed E-state index contributed by atoms with van der Waals surface area (Å²) in [5.74, 6) is 0.286. The summed E-state index contributed by atoms with van der Waals surface area (Å²) in [6.45, 7) is 7.30. The lowest BCUT2D eigenvalue weighted by molar-refractivity contribution is 0.0634. The molecule has 0 atom stereocenters. The Morgan fingerprint density at radius 3 is 2.21 bits per heavy atom. The Morgan fingerprint density at radius 2 is 1.55 bits per heavy atom. The Morgan fingerprint density at radius 1 is 0.879 bits per heavy atom. The van der Waals surface area contributed by atoms with Crippen LogP contribution < -0.4 is 10.1 Å². The van der Waals surface area contributed by atoms with E-state index in [1.165, 1.54) is 0 Å². The van der Waals surface area contributed by atoms with Crippen molar-refractivity contribution in [3.63, 3.8) is 0 Å². The molecule has 8 heteroatoms. The normalized spacial score (nSPS) is 14.3. The zero-order chi connectivity index (χ0) is 24.0. The van der Waals surface area contributed by atoms with Crippen LogP contribution in [0.4, 0.5) is 10.5 Å². The Labute approximate surface area is 194 Å². The van der Waals surface area contributed by atoms with Gasteiger partial charge >= 0.3 is 6.09 Å². The minimum atomic E-state index is -0.614. The molecule has 1 saturated heterocycles. The number of anilines is 1. The summed E-state index contributed by atoms with van der Waals surface area (Å²) in [5.41, 5.74) is 0.850. The Kier molecular flexibility index (Phi) is 7.58. The van der Waals surface area contributed by atoms with Gasteiger partial charge in [0.05, 0.1) is 12.7 Å². The van der Waals surface area contributed by atoms with E-state index in [1.807, 2.05) is 12.1 Å². The van der Waals surface area contributed by atoms with Crippen LogP contribution in [0.15, 0.2) is 48.5 Å². The van der Waals surface area contributed by atoms with E-state index in [9.17, 15) is 14.4 Å². The van der Waals surface area contributed by atoms with E-state index < -0.39 is 11.7 Å². The number of para-hydroxylation sites is 1. The third kappa shape index (κ3) is 6.47. The second-order valence-electron chi connectivity index (χ2n) is 8.85. The number of hydrogen-bond donors (Lipinski definition) is 1. The molecular weight excluding hydrogens is 422 g/mol. The van der Waals surface area contributed by atoms with E-state index in [1.54, 1.807) is 74.1 Å². The first-order valence-electron chi connectivity index (χ1n) is 11.0. The van der Waals surface area contributed by atoms with Crippen LogP contribution in [0.25, 0.3) is 0 Å². The average Bonchev–Trinajstić information content (AvgIpc) is 3.03. The molecule has 176 valence electrons. The standard InChI is InChI=1S/C25H31N3O5/c1-25(2,3)33-24(31)26-19-10-7-9-18(17-19)22(29)27-13-8-14-28(16-15-27)23(30)20-11-5-6-12-21(20)32-4/h5-7,9-12,17H,8,13-16H2,1-4H3,(H,26,31). The number of methoxy groups -OCH3 is 1. The van der Waals surface area contributed by atoms with Crippen LogP contribution in [0, 0.1) is 0 Å². The first-order chi connectivity index (χ1) is 15.7. The lowest BCUT2D eigenvalue weighted by Crippen LogP contribution is -2.37. The highest BCUT2D eigenvalue weighted by Gasteiger charge is 2.25. The van der Waals surface area contributed by atoms with Gasteiger partial charge in [0.25, 0.3) is 11.8 Å². The Bertz CT molecular complexity index is 1020. The van der Waals surface area contributed by atoms with Gasteiger partial charge in [-0.3, -0.25) is 14.9 Å². The number of hydrogen-bond acceptors (Lipinski definition) is 5. The molecule has 2 aromatic rings. The summed E-state index contributed by atoms with van der Waals surface area (Å²) in [5, 5.41) is 2.66. The van der Waals surface area contributed by atoms with Crippen molar-refractivity contribution in [2.75, 3.05) is 38.6 Å². The van der Waals surface area contributed by atoms with Crippen LogP contribution in [-0.4, -0.2) is 66.6 Å². The van der Waals surface area contributed by atoms with E-state index in [2.05, 4.69) is 5.32 Å². The van der Waals surface area contributed by atoms with Crippen LogP contribution in [0.3, 0.4) is 0 Å². The number of rotatable bonds is 4. The summed E-state index contributed by atoms with van der Waals surface area (Å²) >= 11 is 0. The maximum absolute atomic E-state index is 13.1. The summed E-state index contributed by atoms with van der Waals surface area (Å²) in [6, 6.07) is 13.9. The molecule has 3 amide bonds. The highest BCUT2D eigenvalue weighted by molar-refractivity contribution is 5.98. The zero-order valence-electron chi connectivity index (χ0n) is 19.6. The van der Waals surface area contributed by atoms with Crippen molar-refractivity contribution in [1.29, 1.82) is 0 Å². The molecule has 0 aliphatic carbocycles. The van der Waals surface area contributed by atoms with Gasteiger partial charge in [-0.2, -0.15) is 0 Å². The van der Waals surface area contributed by atoms with E-state index >= 15 is 0 Å². The molecule has 2 aromatic carbocycles. The molecular formula is C25H31N3O5. The van der Waals surface area contributed by atoms with Crippen LogP contribution in [0.1, 0.15) is 47.9 Å². The molecule has 8 nitrogen and oxygen atoms in total. The lowest BCUT2D eigenvalue weighted by atomic mass is 10.1. The molecule has 1 aliphatic heterocycles. The van der Waals surface area contributed by atoms with Gasteiger partial charge in [-0.05, 0) is 57.5 Å². The first-order valence-corrected chi connectivity index (χ1v) is 11.0. The monoisotopic (exact) mass is 453 g/mol. The predicted molar refractivity (Wildman–Crippen MR) is 126 cm³/mol. The molecule has 0 bridgehead atoms. The van der Waals surface area contributed by atoms with Gasteiger partial charge in [-0.1, -0.05) is 18.2 Å². The van der Waals surface area contributed by atoms with E-state index in [4.69, 9.17) is 9.47 Å². The minimum Gasteiger partial charge on any atom is -0.496 e. The van der Waals surface area contributed by atoms with Gasteiger partial charge in [0.2, 0.25) is 0 Å². The van der Waals surface area contributed by atoms with Crippen molar-refractivity contribution in [1.82, 2.24) is 9.80 Å². The molecule has 1 fully saturated rings. The minimum absolute atomic E-state index is 0.106. The second kappa shape index (κ2) is 10.4. The molecule has 0 aromatic heterocycles. The Hall–Kier alpha value is -3.55. The number of nitrogens with zero attached hydrogens (tertiary/aromatic N) is 2. The van der Waals surface area contributed by atoms with Gasteiger partial charge < -0.3 is 19.3 Å². The quantitative estimate of drug-likeness (QED) is 0.755. The molecule has 3 rings (SSSR count). The number of ether oxygens (including phenoxy) is 2. The molecule has 0 spiro atoms. The van der Waals surface area contributed by atoms with E-state index in [0.29, 0.717) is 55.2 Å². The van der Waals surface area contributed by atoms with E-state index in [0.717, 1.165) is 0 Å². The summed E-state index contributed by atoms with van der Waals surface area (Å²) < 4.78 is 10.6. The maximum Gasteiger partial charge on any atom is 0.412 e. The third-order valence-electron chi connectivity index (χ3n) is 5.16.